The van der Waals surface area contributed by atoms with E-state index in [1.807, 2.05) is 0 Å². The summed E-state index contributed by atoms with van der Waals surface area (Å²) in [6, 6.07) is 0. The third kappa shape index (κ3) is 2.08. The van der Waals surface area contributed by atoms with E-state index < -0.39 is 0 Å². The van der Waals surface area contributed by atoms with E-state index in [0.717, 1.165) is 23.7 Å². The van der Waals surface area contributed by atoms with Crippen LogP contribution in [0.3, 0.4) is 0 Å². The molecule has 0 aromatic heterocycles. The van der Waals surface area contributed by atoms with E-state index >= 15 is 0 Å². The summed E-state index contributed by atoms with van der Waals surface area (Å²) in [6.07, 6.45) is 2.92. The van der Waals surface area contributed by atoms with Gasteiger partial charge in [0.1, 0.15) is 0 Å². The Kier molecular flexibility index (Phi) is 3.09. The highest BCUT2D eigenvalue weighted by Crippen LogP contribution is 2.50. The molecule has 0 saturated heterocycles. The van der Waals surface area contributed by atoms with Gasteiger partial charge in [-0.25, -0.2) is 0 Å². The number of rotatable bonds is 3. The molecular weight excluding hydrogens is 156 g/mol. The molecule has 78 valence electrons. The van der Waals surface area contributed by atoms with E-state index in [1.165, 1.54) is 12.8 Å². The molecule has 13 heavy (non-hydrogen) atoms. The van der Waals surface area contributed by atoms with Crippen molar-refractivity contribution < 1.29 is 0 Å². The smallest absolute Gasteiger partial charge is 0.0298 e. The zero-order valence-electron chi connectivity index (χ0n) is 10.2. The lowest BCUT2D eigenvalue weighted by Crippen LogP contribution is -2.40. The van der Waals surface area contributed by atoms with E-state index in [1.54, 1.807) is 0 Å². The minimum Gasteiger partial charge on any atom is -0.0625 e. The first kappa shape index (κ1) is 11.1. The average molecular weight is 182 g/mol. The third-order valence-electron chi connectivity index (χ3n) is 4.60. The molecule has 0 aliphatic heterocycles. The van der Waals surface area contributed by atoms with Crippen LogP contribution in [0, 0.1) is 29.1 Å². The van der Waals surface area contributed by atoms with Gasteiger partial charge in [-0.1, -0.05) is 41.5 Å². The zero-order valence-corrected chi connectivity index (χ0v) is 10.2. The minimum atomic E-state index is 0.556. The normalized spacial score (nSPS) is 31.6. The van der Waals surface area contributed by atoms with E-state index in [2.05, 4.69) is 41.5 Å². The minimum absolute atomic E-state index is 0.556. The second kappa shape index (κ2) is 3.63. The molecule has 0 amide bonds. The number of hydrogen-bond donors (Lipinski definition) is 0. The maximum atomic E-state index is 2.47. The molecule has 0 aromatic rings. The Morgan fingerprint density at radius 1 is 1.08 bits per heavy atom. The van der Waals surface area contributed by atoms with Gasteiger partial charge in [-0.15, -0.1) is 0 Å². The molecule has 0 bridgehead atoms. The van der Waals surface area contributed by atoms with Gasteiger partial charge in [-0.2, -0.15) is 0 Å². The number of hydrogen-bond acceptors (Lipinski definition) is 0. The third-order valence-corrected chi connectivity index (χ3v) is 4.60. The van der Waals surface area contributed by atoms with Gasteiger partial charge in [0.15, 0.2) is 0 Å². The van der Waals surface area contributed by atoms with Crippen molar-refractivity contribution in [2.24, 2.45) is 29.1 Å². The lowest BCUT2D eigenvalue weighted by Gasteiger charge is -2.49. The van der Waals surface area contributed by atoms with Gasteiger partial charge in [-0.3, -0.25) is 0 Å². The standard InChI is InChI=1S/C13H26/c1-9(2)11(4)13(5,6)12-7-10(3)8-12/h9-12H,7-8H2,1-6H3. The summed E-state index contributed by atoms with van der Waals surface area (Å²) >= 11 is 0. The van der Waals surface area contributed by atoms with Crippen LogP contribution in [0.5, 0.6) is 0 Å². The molecule has 1 aliphatic carbocycles. The molecule has 1 aliphatic rings. The van der Waals surface area contributed by atoms with Crippen LogP contribution >= 0.6 is 0 Å². The molecule has 1 fully saturated rings. The van der Waals surface area contributed by atoms with Crippen LogP contribution in [0.1, 0.15) is 54.4 Å². The van der Waals surface area contributed by atoms with Crippen LogP contribution in [0.15, 0.2) is 0 Å². The van der Waals surface area contributed by atoms with Crippen LogP contribution in [-0.4, -0.2) is 0 Å². The molecule has 1 unspecified atom stereocenters. The van der Waals surface area contributed by atoms with Crippen LogP contribution in [0.4, 0.5) is 0 Å². The molecule has 0 nitrogen and oxygen atoms in total. The van der Waals surface area contributed by atoms with Gasteiger partial charge in [0.25, 0.3) is 0 Å². The summed E-state index contributed by atoms with van der Waals surface area (Å²) in [7, 11) is 0. The van der Waals surface area contributed by atoms with Gasteiger partial charge in [0, 0.05) is 0 Å². The van der Waals surface area contributed by atoms with Gasteiger partial charge in [0.05, 0.1) is 0 Å². The van der Waals surface area contributed by atoms with Crippen molar-refractivity contribution in [3.8, 4) is 0 Å². The summed E-state index contributed by atoms with van der Waals surface area (Å²) in [4.78, 5) is 0. The maximum absolute atomic E-state index is 2.47. The molecule has 0 N–H and O–H groups in total. The molecular formula is C13H26. The van der Waals surface area contributed by atoms with Gasteiger partial charge >= 0.3 is 0 Å². The molecule has 1 atom stereocenters. The zero-order chi connectivity index (χ0) is 10.2. The monoisotopic (exact) mass is 182 g/mol. The van der Waals surface area contributed by atoms with Gasteiger partial charge < -0.3 is 0 Å². The van der Waals surface area contributed by atoms with Crippen molar-refractivity contribution in [2.45, 2.75) is 54.4 Å². The van der Waals surface area contributed by atoms with Gasteiger partial charge in [-0.05, 0) is 41.9 Å². The molecule has 0 radical (unpaired) electrons. The fourth-order valence-electron chi connectivity index (χ4n) is 2.74. The fourth-order valence-corrected chi connectivity index (χ4v) is 2.74. The van der Waals surface area contributed by atoms with Crippen molar-refractivity contribution in [3.05, 3.63) is 0 Å². The van der Waals surface area contributed by atoms with E-state index in [4.69, 9.17) is 0 Å². The average Bonchev–Trinajstić information content (AvgIpc) is 1.96. The lowest BCUT2D eigenvalue weighted by molar-refractivity contribution is 0.0100. The predicted octanol–water partition coefficient (Wildman–Crippen LogP) is 4.35. The van der Waals surface area contributed by atoms with Crippen molar-refractivity contribution >= 4 is 0 Å². The van der Waals surface area contributed by atoms with E-state index in [9.17, 15) is 0 Å². The van der Waals surface area contributed by atoms with Crippen molar-refractivity contribution in [3.63, 3.8) is 0 Å². The van der Waals surface area contributed by atoms with E-state index in [0.29, 0.717) is 5.41 Å². The Hall–Kier alpha value is 0. The molecule has 0 heteroatoms. The van der Waals surface area contributed by atoms with Crippen molar-refractivity contribution in [1.29, 1.82) is 0 Å². The van der Waals surface area contributed by atoms with Gasteiger partial charge in [0.2, 0.25) is 0 Å². The van der Waals surface area contributed by atoms with Crippen molar-refractivity contribution in [2.75, 3.05) is 0 Å². The fraction of sp³-hybridized carbons (Fsp3) is 1.00. The molecule has 0 spiro atoms. The van der Waals surface area contributed by atoms with Crippen molar-refractivity contribution in [1.82, 2.24) is 0 Å². The lowest BCUT2D eigenvalue weighted by atomic mass is 9.57. The SMILES string of the molecule is CC1CC(C(C)(C)C(C)C(C)C)C1. The molecule has 0 heterocycles. The summed E-state index contributed by atoms with van der Waals surface area (Å²) in [5.74, 6) is 3.65. The second-order valence-electron chi connectivity index (χ2n) is 6.13. The first-order valence-corrected chi connectivity index (χ1v) is 5.85. The quantitative estimate of drug-likeness (QED) is 0.608. The Morgan fingerprint density at radius 2 is 1.54 bits per heavy atom. The first-order chi connectivity index (χ1) is 5.85. The van der Waals surface area contributed by atoms with Crippen LogP contribution in [0.2, 0.25) is 0 Å². The largest absolute Gasteiger partial charge is 0.0625 e. The Balaban J connectivity index is 2.55. The first-order valence-electron chi connectivity index (χ1n) is 5.85. The molecule has 0 aromatic carbocycles. The second-order valence-corrected chi connectivity index (χ2v) is 6.13. The van der Waals surface area contributed by atoms with E-state index in [-0.39, 0.29) is 0 Å². The van der Waals surface area contributed by atoms with Crippen LogP contribution in [0.25, 0.3) is 0 Å². The highest BCUT2D eigenvalue weighted by atomic mass is 14.5. The maximum Gasteiger partial charge on any atom is -0.0298 e. The summed E-state index contributed by atoms with van der Waals surface area (Å²) < 4.78 is 0. The molecule has 1 saturated carbocycles. The highest BCUT2D eigenvalue weighted by molar-refractivity contribution is 4.91. The topological polar surface area (TPSA) is 0 Å². The summed E-state index contributed by atoms with van der Waals surface area (Å²) in [5, 5.41) is 0. The highest BCUT2D eigenvalue weighted by Gasteiger charge is 2.41. The summed E-state index contributed by atoms with van der Waals surface area (Å²) in [5.41, 5.74) is 0.556. The van der Waals surface area contributed by atoms with Crippen LogP contribution in [-0.2, 0) is 0 Å². The van der Waals surface area contributed by atoms with Crippen LogP contribution < -0.4 is 0 Å². The Labute approximate surface area is 84.1 Å². The Bertz CT molecular complexity index is 161. The predicted molar refractivity (Wildman–Crippen MR) is 59.7 cm³/mol. The summed E-state index contributed by atoms with van der Waals surface area (Å²) in [6.45, 7) is 14.5. The molecule has 1 rings (SSSR count). The Morgan fingerprint density at radius 3 is 1.85 bits per heavy atom.